The number of carbonyl (C=O) groups is 1. The van der Waals surface area contributed by atoms with Gasteiger partial charge in [-0.2, -0.15) is 0 Å². The molecular weight excluding hydrogens is 262 g/mol. The van der Waals surface area contributed by atoms with Crippen molar-refractivity contribution in [3.05, 3.63) is 16.1 Å². The third-order valence-electron chi connectivity index (χ3n) is 2.99. The highest BCUT2D eigenvalue weighted by Gasteiger charge is 2.37. The van der Waals surface area contributed by atoms with Crippen molar-refractivity contribution in [3.8, 4) is 0 Å². The zero-order chi connectivity index (χ0) is 12.3. The first-order chi connectivity index (χ1) is 8.22. The lowest BCUT2D eigenvalue weighted by Crippen LogP contribution is -2.35. The number of alkyl halides is 1. The van der Waals surface area contributed by atoms with Crippen LogP contribution in [0.5, 0.6) is 0 Å². The highest BCUT2D eigenvalue weighted by Crippen LogP contribution is 2.37. The van der Waals surface area contributed by atoms with Crippen molar-refractivity contribution < 1.29 is 14.3 Å². The van der Waals surface area contributed by atoms with Crippen LogP contribution in [0, 0.1) is 0 Å². The second-order valence-electron chi connectivity index (χ2n) is 3.91. The lowest BCUT2D eigenvalue weighted by atomic mass is 9.95. The van der Waals surface area contributed by atoms with Crippen LogP contribution in [0.3, 0.4) is 0 Å². The summed E-state index contributed by atoms with van der Waals surface area (Å²) in [6.45, 7) is 1.32. The molecule has 0 unspecified atom stereocenters. The van der Waals surface area contributed by atoms with E-state index in [1.165, 1.54) is 11.3 Å². The van der Waals surface area contributed by atoms with Crippen molar-refractivity contribution in [1.29, 1.82) is 0 Å². The van der Waals surface area contributed by atoms with Gasteiger partial charge < -0.3 is 9.47 Å². The van der Waals surface area contributed by atoms with Crippen molar-refractivity contribution in [2.45, 2.75) is 18.4 Å². The summed E-state index contributed by atoms with van der Waals surface area (Å²) in [5.41, 5.74) is 0.0382. The first-order valence-electron chi connectivity index (χ1n) is 5.40. The summed E-state index contributed by atoms with van der Waals surface area (Å²) < 4.78 is 10.9. The molecule has 1 aromatic rings. The van der Waals surface area contributed by atoms with Gasteiger partial charge in [0.1, 0.15) is 16.3 Å². The molecule has 4 nitrogen and oxygen atoms in total. The number of halogens is 1. The molecule has 0 bridgehead atoms. The average molecular weight is 276 g/mol. The SMILES string of the molecule is COC1(c2nc(C(=O)CCl)cs2)CCOCC1. The molecule has 2 rings (SSSR count). The van der Waals surface area contributed by atoms with Gasteiger partial charge in [0.2, 0.25) is 0 Å². The summed E-state index contributed by atoms with van der Waals surface area (Å²) in [4.78, 5) is 15.8. The van der Waals surface area contributed by atoms with Gasteiger partial charge in [-0.3, -0.25) is 4.79 Å². The van der Waals surface area contributed by atoms with Crippen molar-refractivity contribution >= 4 is 28.7 Å². The van der Waals surface area contributed by atoms with Crippen LogP contribution in [0.15, 0.2) is 5.38 Å². The molecule has 1 aliphatic rings. The predicted octanol–water partition coefficient (Wildman–Crippen LogP) is 2.22. The molecule has 17 heavy (non-hydrogen) atoms. The number of carbonyl (C=O) groups excluding carboxylic acids is 1. The summed E-state index contributed by atoms with van der Waals surface area (Å²) in [5, 5.41) is 2.59. The van der Waals surface area contributed by atoms with Crippen LogP contribution in [-0.2, 0) is 15.1 Å². The molecule has 0 spiro atoms. The molecule has 0 saturated carbocycles. The number of thiazole rings is 1. The monoisotopic (exact) mass is 275 g/mol. The van der Waals surface area contributed by atoms with Gasteiger partial charge in [0.05, 0.1) is 5.88 Å². The van der Waals surface area contributed by atoms with Gasteiger partial charge in [0, 0.05) is 38.5 Å². The number of hydrogen-bond acceptors (Lipinski definition) is 5. The summed E-state index contributed by atoms with van der Waals surface area (Å²) in [5.74, 6) is -0.181. The van der Waals surface area contributed by atoms with E-state index >= 15 is 0 Å². The van der Waals surface area contributed by atoms with Gasteiger partial charge >= 0.3 is 0 Å². The Kier molecular flexibility index (Phi) is 4.14. The van der Waals surface area contributed by atoms with E-state index < -0.39 is 5.60 Å². The smallest absolute Gasteiger partial charge is 0.196 e. The Hall–Kier alpha value is -0.490. The maximum atomic E-state index is 11.4. The molecule has 0 radical (unpaired) electrons. The van der Waals surface area contributed by atoms with Gasteiger partial charge in [0.25, 0.3) is 0 Å². The molecule has 0 aromatic carbocycles. The van der Waals surface area contributed by atoms with Gasteiger partial charge in [-0.15, -0.1) is 22.9 Å². The summed E-state index contributed by atoms with van der Waals surface area (Å²) in [7, 11) is 1.68. The highest BCUT2D eigenvalue weighted by atomic mass is 35.5. The maximum Gasteiger partial charge on any atom is 0.196 e. The minimum Gasteiger partial charge on any atom is -0.381 e. The number of ether oxygens (including phenoxy) is 2. The Labute approximate surface area is 109 Å². The van der Waals surface area contributed by atoms with Crippen LogP contribution in [0.1, 0.15) is 28.3 Å². The van der Waals surface area contributed by atoms with Crippen LogP contribution in [-0.4, -0.2) is 37.0 Å². The largest absolute Gasteiger partial charge is 0.381 e. The maximum absolute atomic E-state index is 11.4. The van der Waals surface area contributed by atoms with E-state index in [1.54, 1.807) is 12.5 Å². The Morgan fingerprint density at radius 2 is 2.35 bits per heavy atom. The lowest BCUT2D eigenvalue weighted by molar-refractivity contribution is -0.0948. The first-order valence-corrected chi connectivity index (χ1v) is 6.81. The van der Waals surface area contributed by atoms with Crippen LogP contribution in [0.25, 0.3) is 0 Å². The fourth-order valence-corrected chi connectivity index (χ4v) is 3.08. The van der Waals surface area contributed by atoms with Gasteiger partial charge in [-0.05, 0) is 0 Å². The number of Topliss-reactive ketones (excluding diaryl/α,β-unsaturated/α-hetero) is 1. The minimum absolute atomic E-state index is 0.0354. The quantitative estimate of drug-likeness (QED) is 0.624. The Morgan fingerprint density at radius 1 is 1.65 bits per heavy atom. The van der Waals surface area contributed by atoms with E-state index in [1.807, 2.05) is 0 Å². The molecule has 0 amide bonds. The van der Waals surface area contributed by atoms with Gasteiger partial charge in [-0.1, -0.05) is 0 Å². The second-order valence-corrected chi connectivity index (χ2v) is 5.03. The van der Waals surface area contributed by atoms with Crippen LogP contribution >= 0.6 is 22.9 Å². The van der Waals surface area contributed by atoms with E-state index in [4.69, 9.17) is 21.1 Å². The van der Waals surface area contributed by atoms with E-state index in [0.29, 0.717) is 18.9 Å². The topological polar surface area (TPSA) is 48.4 Å². The van der Waals surface area contributed by atoms with E-state index in [-0.39, 0.29) is 11.7 Å². The molecule has 1 aliphatic heterocycles. The standard InChI is InChI=1S/C11H14ClNO3S/c1-15-11(2-4-16-5-3-11)10-13-8(7-17-10)9(14)6-12/h7H,2-6H2,1H3. The minimum atomic E-state index is -0.395. The fourth-order valence-electron chi connectivity index (χ4n) is 1.89. The first kappa shape index (κ1) is 13.0. The lowest BCUT2D eigenvalue weighted by Gasteiger charge is -2.33. The Balaban J connectivity index is 2.25. The number of nitrogens with zero attached hydrogens (tertiary/aromatic N) is 1. The fraction of sp³-hybridized carbons (Fsp3) is 0.636. The molecular formula is C11H14ClNO3S. The van der Waals surface area contributed by atoms with Crippen molar-refractivity contribution in [2.24, 2.45) is 0 Å². The molecule has 0 aliphatic carbocycles. The number of hydrogen-bond donors (Lipinski definition) is 0. The number of aromatic nitrogens is 1. The van der Waals surface area contributed by atoms with Crippen LogP contribution in [0.4, 0.5) is 0 Å². The summed E-state index contributed by atoms with van der Waals surface area (Å²) in [6.07, 6.45) is 1.54. The zero-order valence-corrected chi connectivity index (χ0v) is 11.1. The van der Waals surface area contributed by atoms with Crippen LogP contribution in [0.2, 0.25) is 0 Å². The molecule has 6 heteroatoms. The molecule has 1 aromatic heterocycles. The van der Waals surface area contributed by atoms with Gasteiger partial charge in [-0.25, -0.2) is 4.98 Å². The van der Waals surface area contributed by atoms with E-state index in [2.05, 4.69) is 4.98 Å². The Bertz CT molecular complexity index is 401. The van der Waals surface area contributed by atoms with Crippen LogP contribution < -0.4 is 0 Å². The molecule has 1 fully saturated rings. The molecule has 2 heterocycles. The van der Waals surface area contributed by atoms with Crippen molar-refractivity contribution in [3.63, 3.8) is 0 Å². The average Bonchev–Trinajstić information content (AvgIpc) is 2.88. The number of ketones is 1. The second kappa shape index (κ2) is 5.44. The zero-order valence-electron chi connectivity index (χ0n) is 9.57. The molecule has 0 N–H and O–H groups in total. The van der Waals surface area contributed by atoms with Crippen molar-refractivity contribution in [1.82, 2.24) is 4.98 Å². The van der Waals surface area contributed by atoms with E-state index in [9.17, 15) is 4.79 Å². The predicted molar refractivity (Wildman–Crippen MR) is 65.9 cm³/mol. The Morgan fingerprint density at radius 3 is 2.94 bits per heavy atom. The third kappa shape index (κ3) is 2.52. The number of methoxy groups -OCH3 is 1. The number of rotatable bonds is 4. The highest BCUT2D eigenvalue weighted by molar-refractivity contribution is 7.10. The summed E-state index contributed by atoms with van der Waals surface area (Å²) in [6, 6.07) is 0. The normalized spacial score (nSPS) is 19.2. The molecule has 0 atom stereocenters. The van der Waals surface area contributed by atoms with Crippen molar-refractivity contribution in [2.75, 3.05) is 26.2 Å². The third-order valence-corrected chi connectivity index (χ3v) is 4.26. The molecule has 94 valence electrons. The summed E-state index contributed by atoms with van der Waals surface area (Å²) >= 11 is 6.97. The molecule has 1 saturated heterocycles. The van der Waals surface area contributed by atoms with E-state index in [0.717, 1.165) is 17.8 Å². The van der Waals surface area contributed by atoms with Gasteiger partial charge in [0.15, 0.2) is 5.78 Å².